The maximum Gasteiger partial charge on any atom is 0.372 e. The van der Waals surface area contributed by atoms with Crippen LogP contribution in [0.5, 0.6) is 0 Å². The molecule has 2 aromatic heterocycles. The second-order valence-corrected chi connectivity index (χ2v) is 5.67. The average Bonchev–Trinajstić information content (AvgIpc) is 2.94. The summed E-state index contributed by atoms with van der Waals surface area (Å²) in [4.78, 5) is 11.2. The molecule has 0 aromatic carbocycles. The number of aryl methyl sites for hydroxylation is 2. The minimum atomic E-state index is -1.02. The molecule has 0 spiro atoms. The van der Waals surface area contributed by atoms with Crippen LogP contribution in [0.3, 0.4) is 0 Å². The van der Waals surface area contributed by atoms with Gasteiger partial charge in [-0.15, -0.1) is 0 Å². The third-order valence-corrected chi connectivity index (χ3v) is 4.29. The number of nitrogens with zero attached hydrogens (tertiary/aromatic N) is 2. The highest BCUT2D eigenvalue weighted by Gasteiger charge is 2.30. The Balaban J connectivity index is 1.75. The number of hydrogen-bond acceptors (Lipinski definition) is 4. The van der Waals surface area contributed by atoms with Gasteiger partial charge in [-0.25, -0.2) is 4.79 Å². The van der Waals surface area contributed by atoms with E-state index in [1.807, 2.05) is 10.9 Å². The van der Waals surface area contributed by atoms with Crippen LogP contribution in [-0.4, -0.2) is 33.6 Å². The summed E-state index contributed by atoms with van der Waals surface area (Å²) in [5.41, 5.74) is 3.55. The van der Waals surface area contributed by atoms with Crippen LogP contribution in [0.2, 0.25) is 0 Å². The first-order valence-electron chi connectivity index (χ1n) is 7.17. The van der Waals surface area contributed by atoms with Gasteiger partial charge in [-0.1, -0.05) is 0 Å². The Labute approximate surface area is 121 Å². The van der Waals surface area contributed by atoms with Crippen molar-refractivity contribution in [3.05, 3.63) is 28.8 Å². The van der Waals surface area contributed by atoms with Gasteiger partial charge in [0, 0.05) is 30.4 Å². The topological polar surface area (TPSA) is 77.5 Å². The fraction of sp³-hybridized carbons (Fsp3) is 0.467. The molecule has 0 amide bonds. The minimum Gasteiger partial charge on any atom is -0.475 e. The van der Waals surface area contributed by atoms with E-state index in [2.05, 4.69) is 5.10 Å². The molecule has 1 saturated heterocycles. The molecule has 0 bridgehead atoms. The molecular formula is C15H16N2O4. The first-order valence-corrected chi connectivity index (χ1v) is 7.17. The summed E-state index contributed by atoms with van der Waals surface area (Å²) in [6, 6.07) is 0. The standard InChI is InChI=1S/C15H16N2O4/c1-8-12-11(21-14(8)15(18)19)3-2-9-6-17(16-13(9)12)7-10-4-5-20-10/h6,10H,2-5,7H2,1H3,(H,18,19)/t10-/m0/s1. The summed E-state index contributed by atoms with van der Waals surface area (Å²) in [7, 11) is 0. The van der Waals surface area contributed by atoms with Gasteiger partial charge >= 0.3 is 5.97 Å². The molecule has 2 aromatic rings. The number of carboxylic acids is 1. The zero-order valence-corrected chi connectivity index (χ0v) is 11.8. The van der Waals surface area contributed by atoms with E-state index in [4.69, 9.17) is 9.15 Å². The molecule has 1 N–H and O–H groups in total. The van der Waals surface area contributed by atoms with Crippen molar-refractivity contribution in [3.8, 4) is 11.3 Å². The molecule has 3 heterocycles. The summed E-state index contributed by atoms with van der Waals surface area (Å²) < 4.78 is 12.9. The monoisotopic (exact) mass is 288 g/mol. The normalized spacial score (nSPS) is 19.8. The minimum absolute atomic E-state index is 0.0322. The second kappa shape index (κ2) is 4.46. The molecule has 6 heteroatoms. The SMILES string of the molecule is Cc1c(C(=O)O)oc2c1-c1nn(C[C@@H]3CCO3)cc1CC2. The zero-order valence-electron chi connectivity index (χ0n) is 11.8. The number of fused-ring (bicyclic) bond motifs is 3. The zero-order chi connectivity index (χ0) is 14.6. The highest BCUT2D eigenvalue weighted by molar-refractivity contribution is 5.90. The first-order chi connectivity index (χ1) is 10.1. The predicted molar refractivity (Wildman–Crippen MR) is 73.4 cm³/mol. The molecule has 4 rings (SSSR count). The summed E-state index contributed by atoms with van der Waals surface area (Å²) in [5, 5.41) is 13.8. The summed E-state index contributed by atoms with van der Waals surface area (Å²) in [6.45, 7) is 3.37. The Morgan fingerprint density at radius 2 is 2.33 bits per heavy atom. The number of aromatic carboxylic acids is 1. The number of rotatable bonds is 3. The molecule has 1 fully saturated rings. The van der Waals surface area contributed by atoms with Gasteiger partial charge < -0.3 is 14.3 Å². The van der Waals surface area contributed by atoms with Crippen LogP contribution in [-0.2, 0) is 24.1 Å². The lowest BCUT2D eigenvalue weighted by Crippen LogP contribution is -2.31. The van der Waals surface area contributed by atoms with E-state index >= 15 is 0 Å². The van der Waals surface area contributed by atoms with Crippen molar-refractivity contribution in [1.82, 2.24) is 9.78 Å². The van der Waals surface area contributed by atoms with E-state index in [1.165, 1.54) is 0 Å². The van der Waals surface area contributed by atoms with Crippen LogP contribution in [0.25, 0.3) is 11.3 Å². The smallest absolute Gasteiger partial charge is 0.372 e. The van der Waals surface area contributed by atoms with E-state index < -0.39 is 5.97 Å². The van der Waals surface area contributed by atoms with Gasteiger partial charge in [-0.2, -0.15) is 5.10 Å². The van der Waals surface area contributed by atoms with E-state index in [0.29, 0.717) is 5.56 Å². The lowest BCUT2D eigenvalue weighted by atomic mass is 9.94. The Kier molecular flexibility index (Phi) is 2.68. The molecule has 110 valence electrons. The number of carbonyl (C=O) groups is 1. The largest absolute Gasteiger partial charge is 0.475 e. The van der Waals surface area contributed by atoms with Crippen molar-refractivity contribution in [3.63, 3.8) is 0 Å². The number of aromatic nitrogens is 2. The van der Waals surface area contributed by atoms with Gasteiger partial charge in [0.15, 0.2) is 0 Å². The Morgan fingerprint density at radius 3 is 3.00 bits per heavy atom. The number of carboxylic acid groups (broad SMARTS) is 1. The second-order valence-electron chi connectivity index (χ2n) is 5.67. The quantitative estimate of drug-likeness (QED) is 0.935. The van der Waals surface area contributed by atoms with Crippen LogP contribution in [0.1, 0.15) is 33.9 Å². The lowest BCUT2D eigenvalue weighted by molar-refractivity contribution is -0.0608. The molecule has 1 aliphatic carbocycles. The maximum atomic E-state index is 11.2. The summed E-state index contributed by atoms with van der Waals surface area (Å²) in [6.07, 6.45) is 4.93. The van der Waals surface area contributed by atoms with Gasteiger partial charge in [0.25, 0.3) is 0 Å². The molecule has 0 saturated carbocycles. The van der Waals surface area contributed by atoms with Crippen LogP contribution in [0.4, 0.5) is 0 Å². The van der Waals surface area contributed by atoms with Gasteiger partial charge in [-0.3, -0.25) is 4.68 Å². The van der Waals surface area contributed by atoms with E-state index in [9.17, 15) is 9.90 Å². The van der Waals surface area contributed by atoms with Crippen molar-refractivity contribution < 1.29 is 19.1 Å². The Hall–Kier alpha value is -2.08. The summed E-state index contributed by atoms with van der Waals surface area (Å²) >= 11 is 0. The highest BCUT2D eigenvalue weighted by atomic mass is 16.5. The molecule has 21 heavy (non-hydrogen) atoms. The fourth-order valence-corrected chi connectivity index (χ4v) is 3.10. The Bertz CT molecular complexity index is 724. The van der Waals surface area contributed by atoms with Gasteiger partial charge in [-0.05, 0) is 25.3 Å². The Morgan fingerprint density at radius 1 is 1.52 bits per heavy atom. The maximum absolute atomic E-state index is 11.2. The molecule has 2 aliphatic rings. The third kappa shape index (κ3) is 1.90. The van der Waals surface area contributed by atoms with Crippen molar-refractivity contribution in [2.45, 2.75) is 38.8 Å². The number of hydrogen-bond donors (Lipinski definition) is 1. The predicted octanol–water partition coefficient (Wildman–Crippen LogP) is 2.04. The van der Waals surface area contributed by atoms with Crippen molar-refractivity contribution in [2.75, 3.05) is 6.61 Å². The van der Waals surface area contributed by atoms with Crippen molar-refractivity contribution in [2.24, 2.45) is 0 Å². The summed E-state index contributed by atoms with van der Waals surface area (Å²) in [5.74, 6) is -0.252. The average molecular weight is 288 g/mol. The van der Waals surface area contributed by atoms with Gasteiger partial charge in [0.2, 0.25) is 5.76 Å². The molecule has 0 unspecified atom stereocenters. The van der Waals surface area contributed by atoms with Crippen molar-refractivity contribution in [1.29, 1.82) is 0 Å². The van der Waals surface area contributed by atoms with E-state index in [0.717, 1.165) is 55.0 Å². The van der Waals surface area contributed by atoms with Crippen LogP contribution in [0.15, 0.2) is 10.6 Å². The third-order valence-electron chi connectivity index (χ3n) is 4.29. The number of ether oxygens (including phenoxy) is 1. The molecular weight excluding hydrogens is 272 g/mol. The number of furan rings is 1. The fourth-order valence-electron chi connectivity index (χ4n) is 3.10. The van der Waals surface area contributed by atoms with Gasteiger partial charge in [0.1, 0.15) is 5.76 Å². The van der Waals surface area contributed by atoms with E-state index in [-0.39, 0.29) is 11.9 Å². The van der Waals surface area contributed by atoms with Crippen LogP contribution in [0, 0.1) is 6.92 Å². The molecule has 0 radical (unpaired) electrons. The molecule has 6 nitrogen and oxygen atoms in total. The van der Waals surface area contributed by atoms with Crippen LogP contribution >= 0.6 is 0 Å². The lowest BCUT2D eigenvalue weighted by Gasteiger charge is -2.26. The highest BCUT2D eigenvalue weighted by Crippen LogP contribution is 2.38. The molecule has 1 aliphatic heterocycles. The van der Waals surface area contributed by atoms with Gasteiger partial charge in [0.05, 0.1) is 18.3 Å². The molecule has 1 atom stereocenters. The van der Waals surface area contributed by atoms with E-state index in [1.54, 1.807) is 6.92 Å². The van der Waals surface area contributed by atoms with Crippen molar-refractivity contribution >= 4 is 5.97 Å². The first kappa shape index (κ1) is 12.6. The van der Waals surface area contributed by atoms with Crippen LogP contribution < -0.4 is 0 Å².